The van der Waals surface area contributed by atoms with Crippen molar-refractivity contribution in [1.29, 1.82) is 0 Å². The second-order valence-corrected chi connectivity index (χ2v) is 4.95. The van der Waals surface area contributed by atoms with Crippen molar-refractivity contribution in [2.24, 2.45) is 0 Å². The van der Waals surface area contributed by atoms with Crippen molar-refractivity contribution in [1.82, 2.24) is 10.6 Å². The maximum Gasteiger partial charge on any atom is 0.00103 e. The Balaban J connectivity index is 2.01. The summed E-state index contributed by atoms with van der Waals surface area (Å²) in [6.07, 6.45) is 2.32. The fraction of sp³-hybridized carbons (Fsp3) is 0.600. The van der Waals surface area contributed by atoms with Crippen molar-refractivity contribution in [3.63, 3.8) is 0 Å². The molecule has 96 valence electrons. The molecule has 0 atom stereocenters. The Kier molecular flexibility index (Phi) is 6.90. The molecule has 0 aliphatic rings. The van der Waals surface area contributed by atoms with E-state index in [9.17, 15) is 0 Å². The Bertz CT molecular complexity index is 308. The highest BCUT2D eigenvalue weighted by Gasteiger charge is 1.94. The van der Waals surface area contributed by atoms with Crippen molar-refractivity contribution in [2.45, 2.75) is 39.7 Å². The molecule has 0 heterocycles. The maximum atomic E-state index is 3.49. The zero-order chi connectivity index (χ0) is 12.5. The minimum Gasteiger partial charge on any atom is -0.316 e. The third kappa shape index (κ3) is 7.14. The average molecular weight is 234 g/mol. The lowest BCUT2D eigenvalue weighted by Crippen LogP contribution is -2.27. The first kappa shape index (κ1) is 14.2. The SMILES string of the molecule is Cc1cccc(CCNCCCNC(C)C)c1. The summed E-state index contributed by atoms with van der Waals surface area (Å²) < 4.78 is 0. The van der Waals surface area contributed by atoms with Gasteiger partial charge in [0, 0.05) is 6.04 Å². The summed E-state index contributed by atoms with van der Waals surface area (Å²) in [7, 11) is 0. The van der Waals surface area contributed by atoms with Crippen LogP contribution in [0.5, 0.6) is 0 Å². The Hall–Kier alpha value is -0.860. The van der Waals surface area contributed by atoms with Gasteiger partial charge < -0.3 is 10.6 Å². The topological polar surface area (TPSA) is 24.1 Å². The van der Waals surface area contributed by atoms with E-state index in [0.29, 0.717) is 6.04 Å². The molecule has 0 spiro atoms. The lowest BCUT2D eigenvalue weighted by atomic mass is 10.1. The molecule has 1 aromatic carbocycles. The van der Waals surface area contributed by atoms with Gasteiger partial charge in [-0.1, -0.05) is 43.7 Å². The van der Waals surface area contributed by atoms with Crippen molar-refractivity contribution >= 4 is 0 Å². The number of rotatable bonds is 8. The Labute approximate surface area is 106 Å². The van der Waals surface area contributed by atoms with Crippen LogP contribution in [0, 0.1) is 6.92 Å². The molecule has 0 saturated heterocycles. The standard InChI is InChI=1S/C15H26N2/c1-13(2)17-10-5-9-16-11-8-15-7-4-6-14(3)12-15/h4,6-7,12-13,16-17H,5,8-11H2,1-3H3. The lowest BCUT2D eigenvalue weighted by Gasteiger charge is -2.08. The van der Waals surface area contributed by atoms with E-state index in [2.05, 4.69) is 55.7 Å². The van der Waals surface area contributed by atoms with Gasteiger partial charge in [0.2, 0.25) is 0 Å². The predicted molar refractivity (Wildman–Crippen MR) is 75.5 cm³/mol. The van der Waals surface area contributed by atoms with Crippen molar-refractivity contribution in [3.05, 3.63) is 35.4 Å². The Morgan fingerprint density at radius 1 is 1.12 bits per heavy atom. The van der Waals surface area contributed by atoms with Gasteiger partial charge in [0.15, 0.2) is 0 Å². The minimum atomic E-state index is 0.599. The smallest absolute Gasteiger partial charge is 0.00103 e. The van der Waals surface area contributed by atoms with Gasteiger partial charge in [-0.2, -0.15) is 0 Å². The fourth-order valence-corrected chi connectivity index (χ4v) is 1.83. The predicted octanol–water partition coefficient (Wildman–Crippen LogP) is 2.52. The van der Waals surface area contributed by atoms with Crippen LogP contribution < -0.4 is 10.6 Å². The first-order valence-corrected chi connectivity index (χ1v) is 6.68. The van der Waals surface area contributed by atoms with Crippen molar-refractivity contribution in [2.75, 3.05) is 19.6 Å². The molecular weight excluding hydrogens is 208 g/mol. The maximum absolute atomic E-state index is 3.49. The number of hydrogen-bond donors (Lipinski definition) is 2. The second kappa shape index (κ2) is 8.26. The third-order valence-corrected chi connectivity index (χ3v) is 2.76. The van der Waals surface area contributed by atoms with E-state index in [1.165, 1.54) is 17.5 Å². The number of hydrogen-bond acceptors (Lipinski definition) is 2. The van der Waals surface area contributed by atoms with E-state index < -0.39 is 0 Å². The molecule has 0 aliphatic heterocycles. The molecular formula is C15H26N2. The van der Waals surface area contributed by atoms with E-state index in [0.717, 1.165) is 26.1 Å². The van der Waals surface area contributed by atoms with Gasteiger partial charge in [-0.3, -0.25) is 0 Å². The quantitative estimate of drug-likeness (QED) is 0.675. The van der Waals surface area contributed by atoms with Crippen LogP contribution in [0.4, 0.5) is 0 Å². The molecule has 0 radical (unpaired) electrons. The highest BCUT2D eigenvalue weighted by Crippen LogP contribution is 2.03. The van der Waals surface area contributed by atoms with Crippen LogP contribution in [0.25, 0.3) is 0 Å². The molecule has 1 rings (SSSR count). The largest absolute Gasteiger partial charge is 0.316 e. The molecule has 0 aliphatic carbocycles. The third-order valence-electron chi connectivity index (χ3n) is 2.76. The molecule has 1 aromatic rings. The highest BCUT2D eigenvalue weighted by atomic mass is 14.9. The summed E-state index contributed by atoms with van der Waals surface area (Å²) in [5.74, 6) is 0. The number of nitrogens with one attached hydrogen (secondary N) is 2. The van der Waals surface area contributed by atoms with Crippen LogP contribution in [0.15, 0.2) is 24.3 Å². The van der Waals surface area contributed by atoms with Gasteiger partial charge in [-0.15, -0.1) is 0 Å². The van der Waals surface area contributed by atoms with E-state index >= 15 is 0 Å². The second-order valence-electron chi connectivity index (χ2n) is 4.95. The van der Waals surface area contributed by atoms with Crippen LogP contribution in [0.1, 0.15) is 31.4 Å². The van der Waals surface area contributed by atoms with E-state index in [1.807, 2.05) is 0 Å². The number of aryl methyl sites for hydroxylation is 1. The first-order chi connectivity index (χ1) is 8.18. The molecule has 0 fully saturated rings. The van der Waals surface area contributed by atoms with Crippen LogP contribution in [-0.2, 0) is 6.42 Å². The van der Waals surface area contributed by atoms with Gasteiger partial charge in [0.05, 0.1) is 0 Å². The lowest BCUT2D eigenvalue weighted by molar-refractivity contribution is 0.548. The van der Waals surface area contributed by atoms with Gasteiger partial charge >= 0.3 is 0 Å². The van der Waals surface area contributed by atoms with E-state index in [4.69, 9.17) is 0 Å². The normalized spacial score (nSPS) is 11.1. The van der Waals surface area contributed by atoms with Gasteiger partial charge in [-0.25, -0.2) is 0 Å². The van der Waals surface area contributed by atoms with Gasteiger partial charge in [0.1, 0.15) is 0 Å². The van der Waals surface area contributed by atoms with Crippen molar-refractivity contribution < 1.29 is 0 Å². The van der Waals surface area contributed by atoms with E-state index in [-0.39, 0.29) is 0 Å². The molecule has 17 heavy (non-hydrogen) atoms. The summed E-state index contributed by atoms with van der Waals surface area (Å²) in [4.78, 5) is 0. The zero-order valence-corrected chi connectivity index (χ0v) is 11.4. The molecule has 2 nitrogen and oxygen atoms in total. The van der Waals surface area contributed by atoms with Gasteiger partial charge in [0.25, 0.3) is 0 Å². The summed E-state index contributed by atoms with van der Waals surface area (Å²) in [5.41, 5.74) is 2.78. The van der Waals surface area contributed by atoms with Gasteiger partial charge in [-0.05, 0) is 45.0 Å². The average Bonchev–Trinajstić information content (AvgIpc) is 2.27. The number of benzene rings is 1. The van der Waals surface area contributed by atoms with Crippen LogP contribution in [-0.4, -0.2) is 25.7 Å². The summed E-state index contributed by atoms with van der Waals surface area (Å²) in [6, 6.07) is 9.35. The van der Waals surface area contributed by atoms with Crippen molar-refractivity contribution in [3.8, 4) is 0 Å². The Morgan fingerprint density at radius 3 is 2.65 bits per heavy atom. The summed E-state index contributed by atoms with van der Waals surface area (Å²) in [6.45, 7) is 9.80. The van der Waals surface area contributed by atoms with E-state index in [1.54, 1.807) is 0 Å². The zero-order valence-electron chi connectivity index (χ0n) is 11.4. The molecule has 0 aromatic heterocycles. The Morgan fingerprint density at radius 2 is 1.94 bits per heavy atom. The molecule has 2 N–H and O–H groups in total. The molecule has 2 heteroatoms. The van der Waals surface area contributed by atoms with Crippen LogP contribution in [0.2, 0.25) is 0 Å². The minimum absolute atomic E-state index is 0.599. The highest BCUT2D eigenvalue weighted by molar-refractivity contribution is 5.22. The molecule has 0 unspecified atom stereocenters. The monoisotopic (exact) mass is 234 g/mol. The van der Waals surface area contributed by atoms with Crippen LogP contribution >= 0.6 is 0 Å². The molecule has 0 saturated carbocycles. The summed E-state index contributed by atoms with van der Waals surface area (Å²) >= 11 is 0. The van der Waals surface area contributed by atoms with Crippen LogP contribution in [0.3, 0.4) is 0 Å². The molecule has 0 amide bonds. The molecule has 0 bridgehead atoms. The summed E-state index contributed by atoms with van der Waals surface area (Å²) in [5, 5.41) is 6.91. The fourth-order valence-electron chi connectivity index (χ4n) is 1.83. The first-order valence-electron chi connectivity index (χ1n) is 6.68.